The van der Waals surface area contributed by atoms with Crippen molar-refractivity contribution in [3.05, 3.63) is 64.9 Å². The Labute approximate surface area is 126 Å². The maximum atomic E-state index is 13.7. The molecule has 2 aromatic carbocycles. The third-order valence-electron chi connectivity index (χ3n) is 2.89. The van der Waals surface area contributed by atoms with Gasteiger partial charge in [-0.1, -0.05) is 48.0 Å². The van der Waals surface area contributed by atoms with Crippen LogP contribution in [-0.2, 0) is 0 Å². The van der Waals surface area contributed by atoms with Crippen LogP contribution in [0.4, 0.5) is 14.9 Å². The molecule has 3 N–H and O–H groups in total. The number of benzene rings is 2. The van der Waals surface area contributed by atoms with Crippen LogP contribution in [0.15, 0.2) is 48.5 Å². The number of carbonyl (C=O) groups excluding carboxylic acids is 1. The molecule has 2 amide bonds. The topological polar surface area (TPSA) is 61.4 Å². The number of carbonyl (C=O) groups is 1. The first-order chi connectivity index (χ1) is 10.1. The van der Waals surface area contributed by atoms with Gasteiger partial charge in [0, 0.05) is 0 Å². The normalized spacial score (nSPS) is 11.8. The van der Waals surface area contributed by atoms with Gasteiger partial charge in [0.2, 0.25) is 0 Å². The van der Waals surface area contributed by atoms with Crippen molar-refractivity contribution >= 4 is 23.3 Å². The van der Waals surface area contributed by atoms with Crippen molar-refractivity contribution in [2.24, 2.45) is 0 Å². The van der Waals surface area contributed by atoms with E-state index in [0.29, 0.717) is 0 Å². The number of halogens is 2. The highest BCUT2D eigenvalue weighted by atomic mass is 35.5. The molecule has 1 unspecified atom stereocenters. The monoisotopic (exact) mass is 308 g/mol. The number of urea groups is 1. The molecular formula is C15H14ClFN2O2. The van der Waals surface area contributed by atoms with E-state index in [1.165, 1.54) is 18.2 Å². The molecule has 0 fully saturated rings. The molecule has 0 radical (unpaired) electrons. The van der Waals surface area contributed by atoms with E-state index in [0.717, 1.165) is 5.56 Å². The van der Waals surface area contributed by atoms with Crippen LogP contribution in [0, 0.1) is 5.82 Å². The summed E-state index contributed by atoms with van der Waals surface area (Å²) in [5, 5.41) is 14.2. The number of hydrogen-bond donors (Lipinski definition) is 3. The lowest BCUT2D eigenvalue weighted by molar-refractivity contribution is 0.225. The van der Waals surface area contributed by atoms with E-state index >= 15 is 0 Å². The van der Waals surface area contributed by atoms with Crippen LogP contribution < -0.4 is 10.6 Å². The molecule has 0 saturated carbocycles. The van der Waals surface area contributed by atoms with E-state index in [1.807, 2.05) is 6.07 Å². The Morgan fingerprint density at radius 3 is 2.57 bits per heavy atom. The van der Waals surface area contributed by atoms with E-state index in [9.17, 15) is 14.3 Å². The molecule has 1 atom stereocenters. The van der Waals surface area contributed by atoms with Gasteiger partial charge in [0.25, 0.3) is 0 Å². The first kappa shape index (κ1) is 15.3. The molecule has 0 saturated heterocycles. The first-order valence-corrected chi connectivity index (χ1v) is 6.67. The van der Waals surface area contributed by atoms with E-state index in [2.05, 4.69) is 10.6 Å². The molecule has 110 valence electrons. The van der Waals surface area contributed by atoms with Crippen molar-refractivity contribution < 1.29 is 14.3 Å². The summed E-state index contributed by atoms with van der Waals surface area (Å²) in [4.78, 5) is 11.9. The largest absolute Gasteiger partial charge is 0.394 e. The summed E-state index contributed by atoms with van der Waals surface area (Å²) in [6, 6.07) is 12.1. The summed E-state index contributed by atoms with van der Waals surface area (Å²) >= 11 is 5.64. The summed E-state index contributed by atoms with van der Waals surface area (Å²) < 4.78 is 13.7. The van der Waals surface area contributed by atoms with Crippen molar-refractivity contribution in [1.82, 2.24) is 5.32 Å². The molecule has 6 heteroatoms. The predicted octanol–water partition coefficient (Wildman–Crippen LogP) is 3.33. The van der Waals surface area contributed by atoms with Crippen LogP contribution in [0.25, 0.3) is 0 Å². The van der Waals surface area contributed by atoms with E-state index in [-0.39, 0.29) is 17.3 Å². The van der Waals surface area contributed by atoms with E-state index < -0.39 is 17.9 Å². The summed E-state index contributed by atoms with van der Waals surface area (Å²) in [6.45, 7) is -0.268. The van der Waals surface area contributed by atoms with Gasteiger partial charge < -0.3 is 15.7 Å². The zero-order chi connectivity index (χ0) is 15.2. The van der Waals surface area contributed by atoms with Crippen LogP contribution in [0.1, 0.15) is 11.6 Å². The standard InChI is InChI=1S/C15H14ClFN2O2/c16-11-7-4-8-12(14(11)17)18-15(21)19-13(9-20)10-5-2-1-3-6-10/h1-8,13,20H,9H2,(H2,18,19,21). The highest BCUT2D eigenvalue weighted by molar-refractivity contribution is 6.31. The van der Waals surface area contributed by atoms with Gasteiger partial charge in [0.15, 0.2) is 5.82 Å². The number of hydrogen-bond acceptors (Lipinski definition) is 2. The third-order valence-corrected chi connectivity index (χ3v) is 3.18. The third kappa shape index (κ3) is 3.93. The Hall–Kier alpha value is -2.11. The molecule has 21 heavy (non-hydrogen) atoms. The lowest BCUT2D eigenvalue weighted by Gasteiger charge is -2.17. The van der Waals surface area contributed by atoms with Gasteiger partial charge in [-0.15, -0.1) is 0 Å². The molecule has 4 nitrogen and oxygen atoms in total. The van der Waals surface area contributed by atoms with E-state index in [4.69, 9.17) is 11.6 Å². The Morgan fingerprint density at radius 2 is 1.90 bits per heavy atom. The number of aliphatic hydroxyl groups excluding tert-OH is 1. The Balaban J connectivity index is 2.05. The fourth-order valence-corrected chi connectivity index (χ4v) is 2.01. The summed E-state index contributed by atoms with van der Waals surface area (Å²) in [5.41, 5.74) is 0.728. The van der Waals surface area contributed by atoms with Gasteiger partial charge in [-0.25, -0.2) is 9.18 Å². The van der Waals surface area contributed by atoms with E-state index in [1.54, 1.807) is 24.3 Å². The van der Waals surface area contributed by atoms with Gasteiger partial charge in [-0.05, 0) is 17.7 Å². The predicted molar refractivity (Wildman–Crippen MR) is 79.8 cm³/mol. The van der Waals surface area contributed by atoms with Gasteiger partial charge in [-0.2, -0.15) is 0 Å². The van der Waals surface area contributed by atoms with Crippen molar-refractivity contribution in [3.8, 4) is 0 Å². The van der Waals surface area contributed by atoms with Crippen LogP contribution >= 0.6 is 11.6 Å². The molecular weight excluding hydrogens is 295 g/mol. The number of aliphatic hydroxyl groups is 1. The zero-order valence-electron chi connectivity index (χ0n) is 11.0. The van der Waals surface area contributed by atoms with Gasteiger partial charge in [0.1, 0.15) is 0 Å². The lowest BCUT2D eigenvalue weighted by Crippen LogP contribution is -2.34. The molecule has 0 heterocycles. The van der Waals surface area contributed by atoms with Crippen LogP contribution in [-0.4, -0.2) is 17.7 Å². The minimum atomic E-state index is -0.699. The lowest BCUT2D eigenvalue weighted by atomic mass is 10.1. The van der Waals surface area contributed by atoms with Gasteiger partial charge in [0.05, 0.1) is 23.4 Å². The fraction of sp³-hybridized carbons (Fsp3) is 0.133. The molecule has 0 aliphatic heterocycles. The molecule has 0 bridgehead atoms. The quantitative estimate of drug-likeness (QED) is 0.811. The summed E-state index contributed by atoms with van der Waals surface area (Å²) in [7, 11) is 0. The van der Waals surface area contributed by atoms with Crippen LogP contribution in [0.2, 0.25) is 5.02 Å². The SMILES string of the molecule is O=C(Nc1cccc(Cl)c1F)NC(CO)c1ccccc1. The maximum Gasteiger partial charge on any atom is 0.319 e. The second-order valence-electron chi connectivity index (χ2n) is 4.35. The van der Waals surface area contributed by atoms with Crippen molar-refractivity contribution in [1.29, 1.82) is 0 Å². The Morgan fingerprint density at radius 1 is 1.19 bits per heavy atom. The summed E-state index contributed by atoms with van der Waals surface area (Å²) in [6.07, 6.45) is 0. The highest BCUT2D eigenvalue weighted by Gasteiger charge is 2.15. The number of rotatable bonds is 4. The average Bonchev–Trinajstić information content (AvgIpc) is 2.50. The molecule has 0 aliphatic carbocycles. The van der Waals surface area contributed by atoms with Gasteiger partial charge >= 0.3 is 6.03 Å². The maximum absolute atomic E-state index is 13.7. The minimum Gasteiger partial charge on any atom is -0.394 e. The van der Waals surface area contributed by atoms with Gasteiger partial charge in [-0.3, -0.25) is 0 Å². The van der Waals surface area contributed by atoms with Crippen molar-refractivity contribution in [2.75, 3.05) is 11.9 Å². The number of anilines is 1. The minimum absolute atomic E-state index is 0.0234. The number of nitrogens with one attached hydrogen (secondary N) is 2. The zero-order valence-corrected chi connectivity index (χ0v) is 11.8. The second-order valence-corrected chi connectivity index (χ2v) is 4.75. The van der Waals surface area contributed by atoms with Crippen molar-refractivity contribution in [2.45, 2.75) is 6.04 Å². The molecule has 0 aliphatic rings. The Kier molecular flexibility index (Phi) is 5.14. The smallest absolute Gasteiger partial charge is 0.319 e. The molecule has 2 aromatic rings. The number of amides is 2. The highest BCUT2D eigenvalue weighted by Crippen LogP contribution is 2.22. The first-order valence-electron chi connectivity index (χ1n) is 6.29. The second kappa shape index (κ2) is 7.06. The fourth-order valence-electron chi connectivity index (χ4n) is 1.84. The van der Waals surface area contributed by atoms with Crippen molar-refractivity contribution in [3.63, 3.8) is 0 Å². The molecule has 0 spiro atoms. The Bertz CT molecular complexity index is 622. The van der Waals surface area contributed by atoms with Crippen LogP contribution in [0.5, 0.6) is 0 Å². The summed E-state index contributed by atoms with van der Waals surface area (Å²) in [5.74, 6) is -0.699. The molecule has 2 rings (SSSR count). The average molecular weight is 309 g/mol. The van der Waals surface area contributed by atoms with Crippen LogP contribution in [0.3, 0.4) is 0 Å². The molecule has 0 aromatic heterocycles.